The van der Waals surface area contributed by atoms with Gasteiger partial charge < -0.3 is 0 Å². The summed E-state index contributed by atoms with van der Waals surface area (Å²) >= 11 is 2.42. The van der Waals surface area contributed by atoms with Crippen LogP contribution >= 0.6 is 22.6 Å². The van der Waals surface area contributed by atoms with Crippen molar-refractivity contribution in [3.8, 4) is 0 Å². The van der Waals surface area contributed by atoms with Gasteiger partial charge in [0, 0.05) is 4.43 Å². The van der Waals surface area contributed by atoms with E-state index in [1.165, 1.54) is 27.5 Å². The molecule has 0 nitrogen and oxygen atoms in total. The minimum atomic E-state index is 1.21. The Hall–Kier alpha value is -0.0500. The molecule has 0 atom stereocenters. The van der Waals surface area contributed by atoms with E-state index in [2.05, 4.69) is 54.6 Å². The zero-order valence-electron chi connectivity index (χ0n) is 7.02. The number of hydrogen-bond donors (Lipinski definition) is 0. The molecule has 0 unspecified atom stereocenters. The Morgan fingerprint density at radius 2 is 1.73 bits per heavy atom. The zero-order valence-corrected chi connectivity index (χ0v) is 9.18. The second-order valence-electron chi connectivity index (χ2n) is 2.81. The molecular weight excluding hydrogens is 247 g/mol. The molecule has 1 heteroatoms. The molecule has 0 bridgehead atoms. The largest absolute Gasteiger partial charge is 0.0860 e. The molecule has 60 valence electrons. The van der Waals surface area contributed by atoms with E-state index in [1.54, 1.807) is 0 Å². The molecule has 0 aromatic heterocycles. The zero-order chi connectivity index (χ0) is 8.27. The van der Waals surface area contributed by atoms with Gasteiger partial charge in [-0.05, 0) is 37.0 Å². The Bertz CT molecular complexity index is 220. The normalized spacial score (nSPS) is 10.1. The lowest BCUT2D eigenvalue weighted by Gasteiger charge is -2.06. The number of alkyl halides is 1. The fourth-order valence-electron chi connectivity index (χ4n) is 1.34. The van der Waals surface area contributed by atoms with Crippen LogP contribution < -0.4 is 0 Å². The average Bonchev–Trinajstić information content (AvgIpc) is 1.97. The van der Waals surface area contributed by atoms with E-state index in [0.29, 0.717) is 0 Å². The van der Waals surface area contributed by atoms with Gasteiger partial charge in [0.2, 0.25) is 0 Å². The third-order valence-corrected chi connectivity index (χ3v) is 2.53. The van der Waals surface area contributed by atoms with Gasteiger partial charge in [-0.2, -0.15) is 0 Å². The summed E-state index contributed by atoms with van der Waals surface area (Å²) in [5, 5.41) is 0. The SMILES string of the molecule is Cc1cccc(C)c1CCI. The highest BCUT2D eigenvalue weighted by Crippen LogP contribution is 2.14. The van der Waals surface area contributed by atoms with Crippen LogP contribution in [0.4, 0.5) is 0 Å². The highest BCUT2D eigenvalue weighted by atomic mass is 127. The smallest absolute Gasteiger partial charge is 0.00360 e. The Morgan fingerprint density at radius 1 is 1.18 bits per heavy atom. The molecular formula is C10H13I. The van der Waals surface area contributed by atoms with Crippen molar-refractivity contribution < 1.29 is 0 Å². The van der Waals surface area contributed by atoms with Gasteiger partial charge in [-0.3, -0.25) is 0 Å². The molecule has 0 saturated heterocycles. The van der Waals surface area contributed by atoms with Gasteiger partial charge in [-0.1, -0.05) is 40.8 Å². The van der Waals surface area contributed by atoms with Crippen LogP contribution in [-0.4, -0.2) is 4.43 Å². The van der Waals surface area contributed by atoms with Crippen molar-refractivity contribution in [3.63, 3.8) is 0 Å². The Kier molecular flexibility index (Phi) is 3.37. The van der Waals surface area contributed by atoms with Gasteiger partial charge in [0.25, 0.3) is 0 Å². The number of benzene rings is 1. The van der Waals surface area contributed by atoms with E-state index >= 15 is 0 Å². The van der Waals surface area contributed by atoms with Gasteiger partial charge in [0.1, 0.15) is 0 Å². The van der Waals surface area contributed by atoms with Crippen LogP contribution in [0.2, 0.25) is 0 Å². The molecule has 0 aliphatic carbocycles. The standard InChI is InChI=1S/C10H13I/c1-8-4-3-5-9(2)10(8)6-7-11/h3-5H,6-7H2,1-2H3. The molecule has 0 heterocycles. The van der Waals surface area contributed by atoms with Gasteiger partial charge in [-0.15, -0.1) is 0 Å². The molecule has 1 aromatic rings. The van der Waals surface area contributed by atoms with Gasteiger partial charge in [-0.25, -0.2) is 0 Å². The van der Waals surface area contributed by atoms with E-state index in [-0.39, 0.29) is 0 Å². The molecule has 11 heavy (non-hydrogen) atoms. The van der Waals surface area contributed by atoms with E-state index in [0.717, 1.165) is 0 Å². The number of hydrogen-bond acceptors (Lipinski definition) is 0. The highest BCUT2D eigenvalue weighted by Gasteiger charge is 1.99. The van der Waals surface area contributed by atoms with Crippen LogP contribution in [0.1, 0.15) is 16.7 Å². The summed E-state index contributed by atoms with van der Waals surface area (Å²) < 4.78 is 1.21. The fourth-order valence-corrected chi connectivity index (χ4v) is 1.88. The first-order valence-corrected chi connectivity index (χ1v) is 5.39. The lowest BCUT2D eigenvalue weighted by molar-refractivity contribution is 1.11. The van der Waals surface area contributed by atoms with E-state index in [9.17, 15) is 0 Å². The lowest BCUT2D eigenvalue weighted by Crippen LogP contribution is -1.93. The quantitative estimate of drug-likeness (QED) is 0.565. The molecule has 1 aromatic carbocycles. The van der Waals surface area contributed by atoms with E-state index in [1.807, 2.05) is 0 Å². The van der Waals surface area contributed by atoms with Gasteiger partial charge in [0.05, 0.1) is 0 Å². The Labute approximate surface area is 82.2 Å². The molecule has 0 amide bonds. The molecule has 0 fully saturated rings. The van der Waals surface area contributed by atoms with Crippen molar-refractivity contribution in [2.24, 2.45) is 0 Å². The predicted octanol–water partition coefficient (Wildman–Crippen LogP) is 3.28. The summed E-state index contributed by atoms with van der Waals surface area (Å²) in [6, 6.07) is 6.50. The molecule has 0 aliphatic heterocycles. The maximum absolute atomic E-state index is 2.42. The summed E-state index contributed by atoms with van der Waals surface area (Å²) in [6.45, 7) is 4.38. The Morgan fingerprint density at radius 3 is 2.18 bits per heavy atom. The minimum Gasteiger partial charge on any atom is -0.0860 e. The maximum Gasteiger partial charge on any atom is 0.00360 e. The minimum absolute atomic E-state index is 1.21. The van der Waals surface area contributed by atoms with Crippen molar-refractivity contribution in [1.29, 1.82) is 0 Å². The predicted molar refractivity (Wildman–Crippen MR) is 58.5 cm³/mol. The van der Waals surface area contributed by atoms with Crippen LogP contribution in [-0.2, 0) is 6.42 Å². The summed E-state index contributed by atoms with van der Waals surface area (Å²) in [5.41, 5.74) is 4.39. The van der Waals surface area contributed by atoms with E-state index < -0.39 is 0 Å². The van der Waals surface area contributed by atoms with Crippen molar-refractivity contribution in [2.75, 3.05) is 4.43 Å². The van der Waals surface area contributed by atoms with Crippen molar-refractivity contribution in [1.82, 2.24) is 0 Å². The Balaban J connectivity index is 3.00. The summed E-state index contributed by atoms with van der Waals surface area (Å²) in [4.78, 5) is 0. The van der Waals surface area contributed by atoms with Crippen molar-refractivity contribution in [2.45, 2.75) is 20.3 Å². The second-order valence-corrected chi connectivity index (χ2v) is 3.89. The van der Waals surface area contributed by atoms with Crippen LogP contribution in [0, 0.1) is 13.8 Å². The molecule has 0 N–H and O–H groups in total. The summed E-state index contributed by atoms with van der Waals surface area (Å²) in [6.07, 6.45) is 1.21. The van der Waals surface area contributed by atoms with Crippen LogP contribution in [0.25, 0.3) is 0 Å². The van der Waals surface area contributed by atoms with E-state index in [4.69, 9.17) is 0 Å². The van der Waals surface area contributed by atoms with Crippen molar-refractivity contribution >= 4 is 22.6 Å². The fraction of sp³-hybridized carbons (Fsp3) is 0.400. The average molecular weight is 260 g/mol. The van der Waals surface area contributed by atoms with Crippen LogP contribution in [0.3, 0.4) is 0 Å². The molecule has 0 aliphatic rings. The highest BCUT2D eigenvalue weighted by molar-refractivity contribution is 14.1. The number of halogens is 1. The van der Waals surface area contributed by atoms with Gasteiger partial charge in [0.15, 0.2) is 0 Å². The first-order chi connectivity index (χ1) is 5.25. The van der Waals surface area contributed by atoms with Gasteiger partial charge >= 0.3 is 0 Å². The first-order valence-electron chi connectivity index (χ1n) is 3.86. The van der Waals surface area contributed by atoms with Crippen molar-refractivity contribution in [3.05, 3.63) is 34.9 Å². The summed E-state index contributed by atoms with van der Waals surface area (Å²) in [5.74, 6) is 0. The monoisotopic (exact) mass is 260 g/mol. The summed E-state index contributed by atoms with van der Waals surface area (Å²) in [7, 11) is 0. The topological polar surface area (TPSA) is 0 Å². The third kappa shape index (κ3) is 2.19. The number of aryl methyl sites for hydroxylation is 2. The number of rotatable bonds is 2. The lowest BCUT2D eigenvalue weighted by atomic mass is 10.0. The molecule has 0 spiro atoms. The first kappa shape index (κ1) is 9.04. The second kappa shape index (κ2) is 4.10. The van der Waals surface area contributed by atoms with Crippen LogP contribution in [0.15, 0.2) is 18.2 Å². The third-order valence-electron chi connectivity index (χ3n) is 1.99. The molecule has 1 rings (SSSR count). The molecule has 0 saturated carbocycles. The maximum atomic E-state index is 2.42. The molecule has 0 radical (unpaired) electrons. The van der Waals surface area contributed by atoms with Crippen LogP contribution in [0.5, 0.6) is 0 Å².